The number of carbonyl (C=O) groups excluding carboxylic acids is 1. The van der Waals surface area contributed by atoms with Gasteiger partial charge in [-0.25, -0.2) is 4.79 Å². The predicted octanol–water partition coefficient (Wildman–Crippen LogP) is 3.96. The standard InChI is InChI=1S/C22H37NO6Si/c1-21(2,3)30(7,8)29-19(20(24)26-6)18(17-15-27-22(4,5)28-17)23(25)14-16-12-10-9-11-13-16/h9-13,17-19,25H,14-15H2,1-8H3/t17-,18-,19-/m1/s1. The van der Waals surface area contributed by atoms with Gasteiger partial charge in [0.25, 0.3) is 0 Å². The molecule has 0 spiro atoms. The van der Waals surface area contributed by atoms with Gasteiger partial charge in [-0.1, -0.05) is 51.1 Å². The van der Waals surface area contributed by atoms with Gasteiger partial charge < -0.3 is 23.8 Å². The molecule has 1 aliphatic heterocycles. The fourth-order valence-corrected chi connectivity index (χ4v) is 4.39. The van der Waals surface area contributed by atoms with Gasteiger partial charge in [-0.05, 0) is 37.5 Å². The van der Waals surface area contributed by atoms with Gasteiger partial charge in [0.15, 0.2) is 20.2 Å². The van der Waals surface area contributed by atoms with Crippen LogP contribution in [0.2, 0.25) is 18.1 Å². The Labute approximate surface area is 181 Å². The second-order valence-corrected chi connectivity index (χ2v) is 14.5. The Kier molecular flexibility index (Phi) is 7.87. The molecule has 1 aliphatic rings. The highest BCUT2D eigenvalue weighted by Gasteiger charge is 2.50. The van der Waals surface area contributed by atoms with E-state index >= 15 is 0 Å². The molecule has 0 aromatic heterocycles. The van der Waals surface area contributed by atoms with E-state index in [1.807, 2.05) is 44.2 Å². The van der Waals surface area contributed by atoms with Crippen LogP contribution in [-0.4, -0.2) is 62.3 Å². The Balaban J connectivity index is 2.40. The molecule has 170 valence electrons. The molecule has 1 saturated heterocycles. The summed E-state index contributed by atoms with van der Waals surface area (Å²) in [6.07, 6.45) is -1.59. The van der Waals surface area contributed by atoms with Crippen molar-refractivity contribution < 1.29 is 28.6 Å². The zero-order chi connectivity index (χ0) is 22.7. The zero-order valence-corrected chi connectivity index (χ0v) is 20.5. The minimum Gasteiger partial charge on any atom is -0.467 e. The van der Waals surface area contributed by atoms with E-state index in [2.05, 4.69) is 33.9 Å². The Hall–Kier alpha value is -1.29. The van der Waals surface area contributed by atoms with Crippen LogP contribution in [0.25, 0.3) is 0 Å². The van der Waals surface area contributed by atoms with Crippen LogP contribution in [0.3, 0.4) is 0 Å². The van der Waals surface area contributed by atoms with E-state index in [1.165, 1.54) is 7.11 Å². The van der Waals surface area contributed by atoms with Crippen molar-refractivity contribution in [2.45, 2.75) is 83.3 Å². The van der Waals surface area contributed by atoms with Gasteiger partial charge >= 0.3 is 5.97 Å². The SMILES string of the molecule is COC(=O)[C@H](O[Si](C)(C)C(C)(C)C)[C@@H]([C@H]1COC(C)(C)O1)N(O)Cc1ccccc1. The summed E-state index contributed by atoms with van der Waals surface area (Å²) in [5.41, 5.74) is 0.902. The molecule has 1 aromatic carbocycles. The van der Waals surface area contributed by atoms with Crippen molar-refractivity contribution >= 4 is 14.3 Å². The van der Waals surface area contributed by atoms with Crippen LogP contribution in [0.5, 0.6) is 0 Å². The molecular formula is C22H37NO6Si. The number of rotatable bonds is 8. The zero-order valence-electron chi connectivity index (χ0n) is 19.5. The second kappa shape index (κ2) is 9.46. The molecule has 0 radical (unpaired) electrons. The summed E-state index contributed by atoms with van der Waals surface area (Å²) < 4.78 is 23.4. The van der Waals surface area contributed by atoms with Crippen LogP contribution in [0, 0.1) is 0 Å². The molecule has 0 bridgehead atoms. The third kappa shape index (κ3) is 6.12. The monoisotopic (exact) mass is 439 g/mol. The minimum atomic E-state index is -2.37. The summed E-state index contributed by atoms with van der Waals surface area (Å²) in [4.78, 5) is 12.9. The number of ether oxygens (including phenoxy) is 3. The molecule has 0 unspecified atom stereocenters. The lowest BCUT2D eigenvalue weighted by atomic mass is 10.0. The molecule has 1 N–H and O–H groups in total. The number of hydrogen-bond donors (Lipinski definition) is 1. The van der Waals surface area contributed by atoms with Crippen molar-refractivity contribution in [3.05, 3.63) is 35.9 Å². The van der Waals surface area contributed by atoms with Gasteiger partial charge in [-0.15, -0.1) is 0 Å². The van der Waals surface area contributed by atoms with Crippen molar-refractivity contribution in [2.75, 3.05) is 13.7 Å². The van der Waals surface area contributed by atoms with E-state index in [4.69, 9.17) is 18.6 Å². The largest absolute Gasteiger partial charge is 0.467 e. The average Bonchev–Trinajstić information content (AvgIpc) is 2.99. The van der Waals surface area contributed by atoms with E-state index in [0.29, 0.717) is 0 Å². The highest BCUT2D eigenvalue weighted by molar-refractivity contribution is 6.74. The van der Waals surface area contributed by atoms with Gasteiger partial charge in [0.2, 0.25) is 0 Å². The lowest BCUT2D eigenvalue weighted by Gasteiger charge is -2.42. The topological polar surface area (TPSA) is 77.5 Å². The van der Waals surface area contributed by atoms with Crippen molar-refractivity contribution in [3.63, 3.8) is 0 Å². The Morgan fingerprint density at radius 2 is 1.90 bits per heavy atom. The minimum absolute atomic E-state index is 0.129. The Morgan fingerprint density at radius 1 is 1.30 bits per heavy atom. The Bertz CT molecular complexity index is 703. The maximum absolute atomic E-state index is 12.9. The smallest absolute Gasteiger partial charge is 0.335 e. The lowest BCUT2D eigenvalue weighted by molar-refractivity contribution is -0.213. The fourth-order valence-electron chi connectivity index (χ4n) is 3.17. The van der Waals surface area contributed by atoms with E-state index < -0.39 is 38.3 Å². The molecule has 2 rings (SSSR count). The van der Waals surface area contributed by atoms with E-state index in [9.17, 15) is 10.0 Å². The summed E-state index contributed by atoms with van der Waals surface area (Å²) >= 11 is 0. The summed E-state index contributed by atoms with van der Waals surface area (Å²) in [5, 5.41) is 12.1. The molecule has 0 amide bonds. The molecule has 8 heteroatoms. The van der Waals surface area contributed by atoms with E-state index in [1.54, 1.807) is 0 Å². The number of carbonyl (C=O) groups is 1. The van der Waals surface area contributed by atoms with Gasteiger partial charge in [0.05, 0.1) is 19.8 Å². The highest BCUT2D eigenvalue weighted by atomic mass is 28.4. The van der Waals surface area contributed by atoms with Crippen LogP contribution >= 0.6 is 0 Å². The van der Waals surface area contributed by atoms with Gasteiger partial charge in [-0.2, -0.15) is 5.06 Å². The predicted molar refractivity (Wildman–Crippen MR) is 117 cm³/mol. The quantitative estimate of drug-likeness (QED) is 0.373. The maximum Gasteiger partial charge on any atom is 0.335 e. The second-order valence-electron chi connectivity index (χ2n) is 9.76. The molecule has 1 fully saturated rings. The molecule has 1 heterocycles. The molecule has 3 atom stereocenters. The normalized spacial score (nSPS) is 21.5. The van der Waals surface area contributed by atoms with Crippen LogP contribution in [-0.2, 0) is 30.0 Å². The van der Waals surface area contributed by atoms with Gasteiger partial charge in [0, 0.05) is 6.54 Å². The number of hydroxylamine groups is 2. The van der Waals surface area contributed by atoms with Crippen molar-refractivity contribution in [1.82, 2.24) is 5.06 Å². The van der Waals surface area contributed by atoms with Crippen LogP contribution in [0.15, 0.2) is 30.3 Å². The van der Waals surface area contributed by atoms with E-state index in [0.717, 1.165) is 10.6 Å². The third-order valence-electron chi connectivity index (χ3n) is 5.91. The Morgan fingerprint density at radius 3 is 2.37 bits per heavy atom. The summed E-state index contributed by atoms with van der Waals surface area (Å²) in [6, 6.07) is 8.75. The first-order chi connectivity index (χ1) is 13.8. The van der Waals surface area contributed by atoms with Crippen LogP contribution < -0.4 is 0 Å². The number of methoxy groups -OCH3 is 1. The van der Waals surface area contributed by atoms with Crippen LogP contribution in [0.1, 0.15) is 40.2 Å². The van der Waals surface area contributed by atoms with Crippen molar-refractivity contribution in [3.8, 4) is 0 Å². The fraction of sp³-hybridized carbons (Fsp3) is 0.682. The highest BCUT2D eigenvalue weighted by Crippen LogP contribution is 2.39. The number of hydrogen-bond acceptors (Lipinski definition) is 7. The first-order valence-corrected chi connectivity index (χ1v) is 13.2. The lowest BCUT2D eigenvalue weighted by Crippen LogP contribution is -2.59. The molecule has 30 heavy (non-hydrogen) atoms. The number of benzene rings is 1. The number of nitrogens with zero attached hydrogens (tertiary/aromatic N) is 1. The maximum atomic E-state index is 12.9. The third-order valence-corrected chi connectivity index (χ3v) is 10.4. The summed E-state index contributed by atoms with van der Waals surface area (Å²) in [5.74, 6) is -1.35. The molecule has 1 aromatic rings. The van der Waals surface area contributed by atoms with E-state index in [-0.39, 0.29) is 18.2 Å². The summed E-state index contributed by atoms with van der Waals surface area (Å²) in [6.45, 7) is 14.5. The molecular weight excluding hydrogens is 402 g/mol. The number of esters is 1. The van der Waals surface area contributed by atoms with Crippen LogP contribution in [0.4, 0.5) is 0 Å². The summed E-state index contributed by atoms with van der Waals surface area (Å²) in [7, 11) is -1.04. The first kappa shape index (κ1) is 25.0. The molecule has 0 saturated carbocycles. The van der Waals surface area contributed by atoms with Gasteiger partial charge in [-0.3, -0.25) is 0 Å². The van der Waals surface area contributed by atoms with Crippen molar-refractivity contribution in [2.24, 2.45) is 0 Å². The molecule has 7 nitrogen and oxygen atoms in total. The average molecular weight is 440 g/mol. The first-order valence-electron chi connectivity index (χ1n) is 10.3. The van der Waals surface area contributed by atoms with Gasteiger partial charge in [0.1, 0.15) is 6.10 Å². The molecule has 0 aliphatic carbocycles. The van der Waals surface area contributed by atoms with Crippen molar-refractivity contribution in [1.29, 1.82) is 0 Å².